The van der Waals surface area contributed by atoms with Crippen molar-refractivity contribution in [1.82, 2.24) is 10.6 Å². The normalized spacial score (nSPS) is 11.5. The maximum Gasteiger partial charge on any atom is 0.166 e. The Morgan fingerprint density at radius 1 is 0.962 bits per heavy atom. The van der Waals surface area contributed by atoms with Gasteiger partial charge in [-0.05, 0) is 61.7 Å². The zero-order valence-electron chi connectivity index (χ0n) is 15.7. The highest BCUT2D eigenvalue weighted by atomic mass is 32.1. The SMILES string of the molecule is COc1ccc(CCNC(=S)NC(C)CCc2ccccc2)cc1OC. The van der Waals surface area contributed by atoms with Crippen molar-refractivity contribution in [3.63, 3.8) is 0 Å². The number of aryl methyl sites for hydroxylation is 1. The van der Waals surface area contributed by atoms with Gasteiger partial charge >= 0.3 is 0 Å². The lowest BCUT2D eigenvalue weighted by molar-refractivity contribution is 0.354. The molecule has 0 fully saturated rings. The molecule has 0 aliphatic carbocycles. The molecule has 2 aromatic rings. The van der Waals surface area contributed by atoms with Gasteiger partial charge in [0.25, 0.3) is 0 Å². The monoisotopic (exact) mass is 372 g/mol. The van der Waals surface area contributed by atoms with Crippen LogP contribution in [0.25, 0.3) is 0 Å². The molecule has 2 aromatic carbocycles. The fraction of sp³-hybridized carbons (Fsp3) is 0.381. The van der Waals surface area contributed by atoms with Crippen LogP contribution in [0.2, 0.25) is 0 Å². The van der Waals surface area contributed by atoms with E-state index in [9.17, 15) is 0 Å². The average molecular weight is 373 g/mol. The van der Waals surface area contributed by atoms with Crippen LogP contribution in [0.4, 0.5) is 0 Å². The topological polar surface area (TPSA) is 42.5 Å². The van der Waals surface area contributed by atoms with Crippen molar-refractivity contribution in [2.45, 2.75) is 32.2 Å². The Bertz CT molecular complexity index is 692. The Hall–Kier alpha value is -2.27. The lowest BCUT2D eigenvalue weighted by Gasteiger charge is -2.17. The highest BCUT2D eigenvalue weighted by Gasteiger charge is 2.06. The van der Waals surface area contributed by atoms with Crippen molar-refractivity contribution in [3.05, 3.63) is 59.7 Å². The summed E-state index contributed by atoms with van der Waals surface area (Å²) in [6.45, 7) is 2.93. The Balaban J connectivity index is 1.69. The first-order valence-corrected chi connectivity index (χ1v) is 9.32. The Morgan fingerprint density at radius 2 is 1.69 bits per heavy atom. The van der Waals surface area contributed by atoms with Crippen molar-refractivity contribution in [1.29, 1.82) is 0 Å². The molecule has 2 N–H and O–H groups in total. The van der Waals surface area contributed by atoms with Crippen molar-refractivity contribution in [2.24, 2.45) is 0 Å². The molecule has 0 spiro atoms. The molecule has 26 heavy (non-hydrogen) atoms. The van der Waals surface area contributed by atoms with Crippen LogP contribution in [0.15, 0.2) is 48.5 Å². The molecule has 0 saturated carbocycles. The molecule has 140 valence electrons. The van der Waals surface area contributed by atoms with E-state index in [1.54, 1.807) is 14.2 Å². The molecule has 4 nitrogen and oxygen atoms in total. The van der Waals surface area contributed by atoms with Gasteiger partial charge in [-0.15, -0.1) is 0 Å². The minimum atomic E-state index is 0.330. The van der Waals surface area contributed by atoms with E-state index in [0.29, 0.717) is 11.2 Å². The quantitative estimate of drug-likeness (QED) is 0.657. The van der Waals surface area contributed by atoms with E-state index in [2.05, 4.69) is 41.8 Å². The second-order valence-corrected chi connectivity index (χ2v) is 6.67. The van der Waals surface area contributed by atoms with Crippen LogP contribution in [0, 0.1) is 0 Å². The summed E-state index contributed by atoms with van der Waals surface area (Å²) < 4.78 is 10.6. The van der Waals surface area contributed by atoms with Gasteiger partial charge < -0.3 is 20.1 Å². The summed E-state index contributed by atoms with van der Waals surface area (Å²) in [5.74, 6) is 1.49. The molecule has 1 unspecified atom stereocenters. The molecule has 0 aliphatic rings. The van der Waals surface area contributed by atoms with Gasteiger partial charge in [0.05, 0.1) is 14.2 Å². The lowest BCUT2D eigenvalue weighted by Crippen LogP contribution is -2.41. The van der Waals surface area contributed by atoms with E-state index in [-0.39, 0.29) is 0 Å². The van der Waals surface area contributed by atoms with Crippen LogP contribution in [0.5, 0.6) is 11.5 Å². The van der Waals surface area contributed by atoms with Gasteiger partial charge in [0.2, 0.25) is 0 Å². The highest BCUT2D eigenvalue weighted by molar-refractivity contribution is 7.80. The molecular formula is C21H28N2O2S. The number of nitrogens with one attached hydrogen (secondary N) is 2. The van der Waals surface area contributed by atoms with Gasteiger partial charge in [-0.25, -0.2) is 0 Å². The minimum Gasteiger partial charge on any atom is -0.493 e. The van der Waals surface area contributed by atoms with Crippen LogP contribution < -0.4 is 20.1 Å². The van der Waals surface area contributed by atoms with Crippen LogP contribution in [-0.4, -0.2) is 31.9 Å². The third-order valence-corrected chi connectivity index (χ3v) is 4.50. The Morgan fingerprint density at radius 3 is 2.38 bits per heavy atom. The molecule has 0 radical (unpaired) electrons. The molecule has 0 heterocycles. The van der Waals surface area contributed by atoms with E-state index in [1.165, 1.54) is 11.1 Å². The summed E-state index contributed by atoms with van der Waals surface area (Å²) in [6.07, 6.45) is 2.95. The predicted molar refractivity (Wildman–Crippen MR) is 111 cm³/mol. The van der Waals surface area contributed by atoms with Crippen LogP contribution >= 0.6 is 12.2 Å². The molecule has 5 heteroatoms. The van der Waals surface area contributed by atoms with Crippen LogP contribution in [0.3, 0.4) is 0 Å². The first-order chi connectivity index (χ1) is 12.6. The average Bonchev–Trinajstić information content (AvgIpc) is 2.67. The van der Waals surface area contributed by atoms with E-state index in [1.807, 2.05) is 24.3 Å². The van der Waals surface area contributed by atoms with Crippen molar-refractivity contribution < 1.29 is 9.47 Å². The third-order valence-electron chi connectivity index (χ3n) is 4.23. The van der Waals surface area contributed by atoms with E-state index in [4.69, 9.17) is 21.7 Å². The van der Waals surface area contributed by atoms with Crippen molar-refractivity contribution >= 4 is 17.3 Å². The second-order valence-electron chi connectivity index (χ2n) is 6.26. The van der Waals surface area contributed by atoms with E-state index in [0.717, 1.165) is 37.3 Å². The molecule has 0 amide bonds. The lowest BCUT2D eigenvalue weighted by atomic mass is 10.1. The first kappa shape index (κ1) is 20.0. The van der Waals surface area contributed by atoms with Gasteiger partial charge in [0.1, 0.15) is 0 Å². The zero-order valence-corrected chi connectivity index (χ0v) is 16.6. The van der Waals surface area contributed by atoms with E-state index >= 15 is 0 Å². The van der Waals surface area contributed by atoms with Crippen molar-refractivity contribution in [2.75, 3.05) is 20.8 Å². The Kier molecular flexibility index (Phi) is 8.22. The van der Waals surface area contributed by atoms with Gasteiger partial charge in [-0.2, -0.15) is 0 Å². The summed E-state index contributed by atoms with van der Waals surface area (Å²) in [5, 5.41) is 7.33. The Labute approximate surface area is 161 Å². The number of hydrogen-bond donors (Lipinski definition) is 2. The fourth-order valence-electron chi connectivity index (χ4n) is 2.73. The minimum absolute atomic E-state index is 0.330. The molecule has 0 saturated heterocycles. The number of thiocarbonyl (C=S) groups is 1. The number of benzene rings is 2. The first-order valence-electron chi connectivity index (χ1n) is 8.91. The standard InChI is InChI=1S/C21H28N2O2S/c1-16(9-10-17-7-5-4-6-8-17)23-21(26)22-14-13-18-11-12-19(24-2)20(15-18)25-3/h4-8,11-12,15-16H,9-10,13-14H2,1-3H3,(H2,22,23,26). The van der Waals surface area contributed by atoms with E-state index < -0.39 is 0 Å². The number of ether oxygens (including phenoxy) is 2. The predicted octanol–water partition coefficient (Wildman–Crippen LogP) is 3.73. The highest BCUT2D eigenvalue weighted by Crippen LogP contribution is 2.27. The van der Waals surface area contributed by atoms with Gasteiger partial charge in [-0.1, -0.05) is 36.4 Å². The molecule has 1 atom stereocenters. The third kappa shape index (κ3) is 6.56. The summed E-state index contributed by atoms with van der Waals surface area (Å²) in [6, 6.07) is 16.8. The molecule has 0 aliphatic heterocycles. The number of hydrogen-bond acceptors (Lipinski definition) is 3. The molecule has 0 aromatic heterocycles. The number of methoxy groups -OCH3 is 2. The smallest absolute Gasteiger partial charge is 0.166 e. The summed E-state index contributed by atoms with van der Waals surface area (Å²) in [5.41, 5.74) is 2.53. The molecule has 0 bridgehead atoms. The summed E-state index contributed by atoms with van der Waals surface area (Å²) in [7, 11) is 3.29. The van der Waals surface area contributed by atoms with Crippen LogP contribution in [-0.2, 0) is 12.8 Å². The summed E-state index contributed by atoms with van der Waals surface area (Å²) >= 11 is 5.40. The van der Waals surface area contributed by atoms with Crippen LogP contribution in [0.1, 0.15) is 24.5 Å². The van der Waals surface area contributed by atoms with Gasteiger partial charge in [0, 0.05) is 12.6 Å². The number of rotatable bonds is 9. The second kappa shape index (κ2) is 10.7. The summed E-state index contributed by atoms with van der Waals surface area (Å²) in [4.78, 5) is 0. The van der Waals surface area contributed by atoms with Gasteiger partial charge in [0.15, 0.2) is 16.6 Å². The van der Waals surface area contributed by atoms with Gasteiger partial charge in [-0.3, -0.25) is 0 Å². The molecule has 2 rings (SSSR count). The maximum absolute atomic E-state index is 5.40. The zero-order chi connectivity index (χ0) is 18.8. The van der Waals surface area contributed by atoms with Crippen molar-refractivity contribution in [3.8, 4) is 11.5 Å². The molecular weight excluding hydrogens is 344 g/mol. The largest absolute Gasteiger partial charge is 0.493 e. The maximum atomic E-state index is 5.40. The fourth-order valence-corrected chi connectivity index (χ4v) is 3.03.